The molecular weight excluding hydrogens is 144 g/mol. The summed E-state index contributed by atoms with van der Waals surface area (Å²) in [6, 6.07) is 0. The molecule has 1 aliphatic heterocycles. The standard InChI is InChI=1S/C8H14OS/c9-5-1-2-8-3-6-10-7-4-8/h5,8H,1-4,6-7H2. The Bertz CT molecular complexity index is 97.4. The molecule has 2 heteroatoms. The van der Waals surface area contributed by atoms with E-state index in [0.29, 0.717) is 0 Å². The molecule has 0 aromatic rings. The van der Waals surface area contributed by atoms with E-state index in [4.69, 9.17) is 0 Å². The Morgan fingerprint density at radius 3 is 2.70 bits per heavy atom. The number of hydrogen-bond donors (Lipinski definition) is 0. The van der Waals surface area contributed by atoms with Crippen molar-refractivity contribution in [3.8, 4) is 0 Å². The van der Waals surface area contributed by atoms with Gasteiger partial charge in [-0.25, -0.2) is 0 Å². The van der Waals surface area contributed by atoms with Crippen molar-refractivity contribution in [1.29, 1.82) is 0 Å². The van der Waals surface area contributed by atoms with E-state index in [-0.39, 0.29) is 0 Å². The van der Waals surface area contributed by atoms with Gasteiger partial charge >= 0.3 is 0 Å². The lowest BCUT2D eigenvalue weighted by atomic mass is 9.98. The molecule has 10 heavy (non-hydrogen) atoms. The van der Waals surface area contributed by atoms with Crippen LogP contribution in [0.2, 0.25) is 0 Å². The van der Waals surface area contributed by atoms with Crippen LogP contribution in [0.15, 0.2) is 0 Å². The van der Waals surface area contributed by atoms with E-state index < -0.39 is 0 Å². The van der Waals surface area contributed by atoms with E-state index >= 15 is 0 Å². The van der Waals surface area contributed by atoms with Gasteiger partial charge in [0.15, 0.2) is 0 Å². The van der Waals surface area contributed by atoms with Gasteiger partial charge < -0.3 is 4.79 Å². The lowest BCUT2D eigenvalue weighted by molar-refractivity contribution is -0.108. The molecule has 0 aliphatic carbocycles. The normalized spacial score (nSPS) is 20.8. The van der Waals surface area contributed by atoms with Crippen LogP contribution >= 0.6 is 11.8 Å². The molecule has 58 valence electrons. The van der Waals surface area contributed by atoms with E-state index in [0.717, 1.165) is 25.0 Å². The molecule has 1 saturated heterocycles. The molecule has 0 amide bonds. The second kappa shape index (κ2) is 4.78. The maximum atomic E-state index is 10.0. The predicted molar refractivity (Wildman–Crippen MR) is 45.3 cm³/mol. The molecule has 0 atom stereocenters. The highest BCUT2D eigenvalue weighted by Gasteiger charge is 2.12. The van der Waals surface area contributed by atoms with Crippen LogP contribution in [0.25, 0.3) is 0 Å². The highest BCUT2D eigenvalue weighted by atomic mass is 32.2. The highest BCUT2D eigenvalue weighted by Crippen LogP contribution is 2.25. The fourth-order valence-corrected chi connectivity index (χ4v) is 2.54. The summed E-state index contributed by atoms with van der Waals surface area (Å²) in [5, 5.41) is 0. The molecule has 1 fully saturated rings. The Hall–Kier alpha value is 0.0200. The predicted octanol–water partition coefficient (Wildman–Crippen LogP) is 2.11. The third kappa shape index (κ3) is 2.74. The molecule has 0 saturated carbocycles. The number of thioether (sulfide) groups is 1. The minimum Gasteiger partial charge on any atom is -0.303 e. The van der Waals surface area contributed by atoms with Crippen LogP contribution in [0.1, 0.15) is 25.7 Å². The summed E-state index contributed by atoms with van der Waals surface area (Å²) < 4.78 is 0. The number of rotatable bonds is 3. The first-order valence-corrected chi connectivity index (χ1v) is 5.10. The SMILES string of the molecule is O=CCCC1CCSCC1. The first-order valence-electron chi connectivity index (χ1n) is 3.95. The molecule has 0 aromatic heterocycles. The van der Waals surface area contributed by atoms with Crippen LogP contribution in [0, 0.1) is 5.92 Å². The molecular formula is C8H14OS. The summed E-state index contributed by atoms with van der Waals surface area (Å²) >= 11 is 2.04. The van der Waals surface area contributed by atoms with Crippen LogP contribution in [0.5, 0.6) is 0 Å². The largest absolute Gasteiger partial charge is 0.303 e. The van der Waals surface area contributed by atoms with Gasteiger partial charge in [-0.05, 0) is 36.7 Å². The molecule has 0 aromatic carbocycles. The molecule has 0 N–H and O–H groups in total. The molecule has 0 bridgehead atoms. The second-order valence-corrected chi connectivity index (χ2v) is 4.02. The maximum absolute atomic E-state index is 10.0. The minimum atomic E-state index is 0.773. The monoisotopic (exact) mass is 158 g/mol. The van der Waals surface area contributed by atoms with Gasteiger partial charge in [0, 0.05) is 6.42 Å². The number of aldehydes is 1. The van der Waals surface area contributed by atoms with Gasteiger partial charge in [0.05, 0.1) is 0 Å². The van der Waals surface area contributed by atoms with Gasteiger partial charge in [0.25, 0.3) is 0 Å². The average Bonchev–Trinajstić information content (AvgIpc) is 2.03. The lowest BCUT2D eigenvalue weighted by Gasteiger charge is -2.19. The van der Waals surface area contributed by atoms with Gasteiger partial charge in [-0.15, -0.1) is 0 Å². The molecule has 1 nitrogen and oxygen atoms in total. The maximum Gasteiger partial charge on any atom is 0.120 e. The lowest BCUT2D eigenvalue weighted by Crippen LogP contribution is -2.09. The van der Waals surface area contributed by atoms with Crippen molar-refractivity contribution in [3.05, 3.63) is 0 Å². The molecule has 1 heterocycles. The Balaban J connectivity index is 2.07. The van der Waals surface area contributed by atoms with Crippen molar-refractivity contribution < 1.29 is 4.79 Å². The molecule has 1 aliphatic rings. The Labute approximate surface area is 66.6 Å². The van der Waals surface area contributed by atoms with E-state index in [1.807, 2.05) is 11.8 Å². The first-order chi connectivity index (χ1) is 4.93. The Morgan fingerprint density at radius 1 is 1.40 bits per heavy atom. The van der Waals surface area contributed by atoms with E-state index in [2.05, 4.69) is 0 Å². The summed E-state index contributed by atoms with van der Waals surface area (Å²) in [5.41, 5.74) is 0. The zero-order chi connectivity index (χ0) is 7.23. The minimum absolute atomic E-state index is 0.773. The summed E-state index contributed by atoms with van der Waals surface area (Å²) in [7, 11) is 0. The van der Waals surface area contributed by atoms with Crippen molar-refractivity contribution in [3.63, 3.8) is 0 Å². The van der Waals surface area contributed by atoms with Crippen molar-refractivity contribution in [1.82, 2.24) is 0 Å². The number of carbonyl (C=O) groups is 1. The van der Waals surface area contributed by atoms with Crippen LogP contribution in [-0.4, -0.2) is 17.8 Å². The van der Waals surface area contributed by atoms with Crippen molar-refractivity contribution >= 4 is 18.0 Å². The van der Waals surface area contributed by atoms with E-state index in [9.17, 15) is 4.79 Å². The fraction of sp³-hybridized carbons (Fsp3) is 0.875. The summed E-state index contributed by atoms with van der Waals surface area (Å²) in [6.45, 7) is 0. The third-order valence-electron chi connectivity index (χ3n) is 2.03. The van der Waals surface area contributed by atoms with Gasteiger partial charge in [-0.3, -0.25) is 0 Å². The quantitative estimate of drug-likeness (QED) is 0.585. The molecule has 0 radical (unpaired) electrons. The van der Waals surface area contributed by atoms with Crippen molar-refractivity contribution in [2.75, 3.05) is 11.5 Å². The van der Waals surface area contributed by atoms with Crippen LogP contribution < -0.4 is 0 Å². The average molecular weight is 158 g/mol. The van der Waals surface area contributed by atoms with Crippen molar-refractivity contribution in [2.24, 2.45) is 5.92 Å². The summed E-state index contributed by atoms with van der Waals surface area (Å²) in [6.07, 6.45) is 5.61. The first kappa shape index (κ1) is 8.12. The van der Waals surface area contributed by atoms with Gasteiger partial charge in [-0.1, -0.05) is 0 Å². The number of carbonyl (C=O) groups excluding carboxylic acids is 1. The zero-order valence-electron chi connectivity index (χ0n) is 6.21. The van der Waals surface area contributed by atoms with Crippen LogP contribution in [-0.2, 0) is 4.79 Å². The fourth-order valence-electron chi connectivity index (χ4n) is 1.34. The van der Waals surface area contributed by atoms with Crippen LogP contribution in [0.4, 0.5) is 0 Å². The summed E-state index contributed by atoms with van der Waals surface area (Å²) in [5.74, 6) is 3.47. The third-order valence-corrected chi connectivity index (χ3v) is 3.08. The second-order valence-electron chi connectivity index (χ2n) is 2.80. The van der Waals surface area contributed by atoms with Gasteiger partial charge in [0.2, 0.25) is 0 Å². The zero-order valence-corrected chi connectivity index (χ0v) is 7.03. The smallest absolute Gasteiger partial charge is 0.120 e. The Kier molecular flexibility index (Phi) is 3.88. The highest BCUT2D eigenvalue weighted by molar-refractivity contribution is 7.99. The molecule has 1 rings (SSSR count). The van der Waals surface area contributed by atoms with E-state index in [1.54, 1.807) is 0 Å². The number of hydrogen-bond acceptors (Lipinski definition) is 2. The summed E-state index contributed by atoms with van der Waals surface area (Å²) in [4.78, 5) is 10.0. The van der Waals surface area contributed by atoms with E-state index in [1.165, 1.54) is 24.3 Å². The van der Waals surface area contributed by atoms with Gasteiger partial charge in [-0.2, -0.15) is 11.8 Å². The van der Waals surface area contributed by atoms with Gasteiger partial charge in [0.1, 0.15) is 6.29 Å². The van der Waals surface area contributed by atoms with Crippen LogP contribution in [0.3, 0.4) is 0 Å². The molecule has 0 spiro atoms. The molecule has 0 unspecified atom stereocenters. The Morgan fingerprint density at radius 2 is 2.10 bits per heavy atom. The van der Waals surface area contributed by atoms with Crippen molar-refractivity contribution in [2.45, 2.75) is 25.7 Å². The topological polar surface area (TPSA) is 17.1 Å².